The number of halogens is 1. The largest absolute Gasteiger partial charge is 0.353 e. The van der Waals surface area contributed by atoms with E-state index in [4.69, 9.17) is 9.97 Å². The number of amides is 1. The summed E-state index contributed by atoms with van der Waals surface area (Å²) in [5.41, 5.74) is 2.65. The van der Waals surface area contributed by atoms with Crippen LogP contribution in [0.25, 0.3) is 0 Å². The monoisotopic (exact) mass is 426 g/mol. The zero-order valence-electron chi connectivity index (χ0n) is 19.5. The molecule has 0 saturated carbocycles. The first-order valence-corrected chi connectivity index (χ1v) is 11.5. The topological polar surface area (TPSA) is 49.3 Å². The number of benzene rings is 1. The molecule has 1 aromatic carbocycles. The zero-order valence-corrected chi connectivity index (χ0v) is 19.5. The second kappa shape index (κ2) is 10.2. The van der Waals surface area contributed by atoms with Crippen LogP contribution in [0.5, 0.6) is 0 Å². The Labute approximate surface area is 185 Å². The van der Waals surface area contributed by atoms with Crippen molar-refractivity contribution in [3.63, 3.8) is 0 Å². The van der Waals surface area contributed by atoms with Crippen molar-refractivity contribution in [2.45, 2.75) is 59.8 Å². The number of rotatable bonds is 7. The van der Waals surface area contributed by atoms with E-state index in [2.05, 4.69) is 25.7 Å². The van der Waals surface area contributed by atoms with E-state index >= 15 is 0 Å². The molecular weight excluding hydrogens is 391 g/mol. The Bertz CT molecular complexity index is 906. The molecule has 6 heteroatoms. The van der Waals surface area contributed by atoms with E-state index in [1.54, 1.807) is 6.07 Å². The minimum atomic E-state index is -0.200. The SMILES string of the molecule is CCc1nc([C@@H](C)CC)nc(N2CCN(C(=O)C(C)C)CC2)c1Cc1ccccc1F. The average molecular weight is 427 g/mol. The van der Waals surface area contributed by atoms with Crippen molar-refractivity contribution < 1.29 is 9.18 Å². The maximum Gasteiger partial charge on any atom is 0.225 e. The highest BCUT2D eigenvalue weighted by molar-refractivity contribution is 5.78. The van der Waals surface area contributed by atoms with E-state index in [1.807, 2.05) is 30.9 Å². The van der Waals surface area contributed by atoms with E-state index in [0.717, 1.165) is 48.8 Å². The number of piperazine rings is 1. The number of hydrogen-bond donors (Lipinski definition) is 0. The molecule has 1 saturated heterocycles. The summed E-state index contributed by atoms with van der Waals surface area (Å²) in [6.45, 7) is 13.1. The second-order valence-electron chi connectivity index (χ2n) is 8.73. The van der Waals surface area contributed by atoms with Gasteiger partial charge in [0.25, 0.3) is 0 Å². The Balaban J connectivity index is 1.98. The van der Waals surface area contributed by atoms with Gasteiger partial charge in [-0.1, -0.05) is 52.8 Å². The summed E-state index contributed by atoms with van der Waals surface area (Å²) in [4.78, 5) is 26.5. The van der Waals surface area contributed by atoms with Crippen molar-refractivity contribution >= 4 is 11.7 Å². The molecule has 1 aliphatic heterocycles. The Morgan fingerprint density at radius 2 is 1.74 bits per heavy atom. The average Bonchev–Trinajstić information content (AvgIpc) is 2.79. The van der Waals surface area contributed by atoms with Crippen LogP contribution in [-0.2, 0) is 17.6 Å². The molecule has 2 aromatic rings. The summed E-state index contributed by atoms with van der Waals surface area (Å²) in [7, 11) is 0. The zero-order chi connectivity index (χ0) is 22.5. The molecule has 31 heavy (non-hydrogen) atoms. The van der Waals surface area contributed by atoms with Crippen LogP contribution in [0.2, 0.25) is 0 Å². The van der Waals surface area contributed by atoms with Gasteiger partial charge in [-0.05, 0) is 24.5 Å². The van der Waals surface area contributed by atoms with Crippen molar-refractivity contribution in [3.8, 4) is 0 Å². The predicted molar refractivity (Wildman–Crippen MR) is 123 cm³/mol. The van der Waals surface area contributed by atoms with Gasteiger partial charge in [-0.25, -0.2) is 14.4 Å². The third-order valence-electron chi connectivity index (χ3n) is 6.19. The summed E-state index contributed by atoms with van der Waals surface area (Å²) in [6.07, 6.45) is 2.21. The summed E-state index contributed by atoms with van der Waals surface area (Å²) >= 11 is 0. The quantitative estimate of drug-likeness (QED) is 0.650. The third-order valence-corrected chi connectivity index (χ3v) is 6.19. The number of aryl methyl sites for hydroxylation is 1. The molecule has 3 rings (SSSR count). The van der Waals surface area contributed by atoms with Gasteiger partial charge >= 0.3 is 0 Å². The van der Waals surface area contributed by atoms with Crippen molar-refractivity contribution in [2.24, 2.45) is 5.92 Å². The third kappa shape index (κ3) is 5.23. The van der Waals surface area contributed by atoms with Crippen molar-refractivity contribution in [1.82, 2.24) is 14.9 Å². The van der Waals surface area contributed by atoms with Gasteiger partial charge in [-0.15, -0.1) is 0 Å². The fourth-order valence-corrected chi connectivity index (χ4v) is 4.01. The van der Waals surface area contributed by atoms with Crippen LogP contribution in [0.4, 0.5) is 10.2 Å². The molecule has 1 atom stereocenters. The fourth-order valence-electron chi connectivity index (χ4n) is 4.01. The van der Waals surface area contributed by atoms with Crippen molar-refractivity contribution in [1.29, 1.82) is 0 Å². The molecule has 1 fully saturated rings. The van der Waals surface area contributed by atoms with Crippen LogP contribution in [0.1, 0.15) is 69.6 Å². The van der Waals surface area contributed by atoms with Gasteiger partial charge in [-0.2, -0.15) is 0 Å². The highest BCUT2D eigenvalue weighted by Gasteiger charge is 2.27. The molecular formula is C25H35FN4O. The molecule has 5 nitrogen and oxygen atoms in total. The number of nitrogens with zero attached hydrogens (tertiary/aromatic N) is 4. The number of carbonyl (C=O) groups is 1. The maximum absolute atomic E-state index is 14.5. The molecule has 0 aliphatic carbocycles. The van der Waals surface area contributed by atoms with Gasteiger partial charge in [-0.3, -0.25) is 4.79 Å². The van der Waals surface area contributed by atoms with Crippen LogP contribution < -0.4 is 4.90 Å². The number of carbonyl (C=O) groups excluding carboxylic acids is 1. The Hall–Kier alpha value is -2.50. The molecule has 2 heterocycles. The first-order chi connectivity index (χ1) is 14.8. The van der Waals surface area contributed by atoms with Gasteiger partial charge in [0.15, 0.2) is 0 Å². The van der Waals surface area contributed by atoms with E-state index in [1.165, 1.54) is 6.07 Å². The van der Waals surface area contributed by atoms with E-state index in [0.29, 0.717) is 25.1 Å². The lowest BCUT2D eigenvalue weighted by Crippen LogP contribution is -2.50. The molecule has 168 valence electrons. The maximum atomic E-state index is 14.5. The van der Waals surface area contributed by atoms with Crippen molar-refractivity contribution in [3.05, 3.63) is 52.7 Å². The Morgan fingerprint density at radius 1 is 1.06 bits per heavy atom. The van der Waals surface area contributed by atoms with Gasteiger partial charge in [0.1, 0.15) is 17.5 Å². The van der Waals surface area contributed by atoms with Gasteiger partial charge in [0, 0.05) is 55.7 Å². The van der Waals surface area contributed by atoms with Crippen LogP contribution in [-0.4, -0.2) is 47.0 Å². The Kier molecular flexibility index (Phi) is 7.63. The van der Waals surface area contributed by atoms with E-state index in [9.17, 15) is 9.18 Å². The lowest BCUT2D eigenvalue weighted by Gasteiger charge is -2.37. The molecule has 1 aliphatic rings. The van der Waals surface area contributed by atoms with Crippen LogP contribution >= 0.6 is 0 Å². The number of aromatic nitrogens is 2. The Morgan fingerprint density at radius 3 is 2.32 bits per heavy atom. The molecule has 0 unspecified atom stereocenters. The number of hydrogen-bond acceptors (Lipinski definition) is 4. The minimum absolute atomic E-state index is 0.00548. The summed E-state index contributed by atoms with van der Waals surface area (Å²) in [5, 5.41) is 0. The molecule has 0 N–H and O–H groups in total. The van der Waals surface area contributed by atoms with Gasteiger partial charge in [0.05, 0.1) is 0 Å². The lowest BCUT2D eigenvalue weighted by molar-refractivity contribution is -0.134. The number of anilines is 1. The first kappa shape index (κ1) is 23.2. The standard InChI is InChI=1S/C25H35FN4O/c1-6-18(5)23-27-22(7-2)20(16-19-10-8-9-11-21(19)26)24(28-23)29-12-14-30(15-13-29)25(31)17(3)4/h8-11,17-18H,6-7,12-16H2,1-5H3/t18-/m0/s1. The second-order valence-corrected chi connectivity index (χ2v) is 8.73. The molecule has 1 amide bonds. The summed E-state index contributed by atoms with van der Waals surface area (Å²) in [6, 6.07) is 6.92. The highest BCUT2D eigenvalue weighted by Crippen LogP contribution is 2.29. The first-order valence-electron chi connectivity index (χ1n) is 11.5. The normalized spacial score (nSPS) is 15.5. The molecule has 1 aromatic heterocycles. The minimum Gasteiger partial charge on any atom is -0.353 e. The van der Waals surface area contributed by atoms with Gasteiger partial charge < -0.3 is 9.80 Å². The lowest BCUT2D eigenvalue weighted by atomic mass is 10.00. The smallest absolute Gasteiger partial charge is 0.225 e. The predicted octanol–water partition coefficient (Wildman–Crippen LogP) is 4.59. The molecule has 0 bridgehead atoms. The highest BCUT2D eigenvalue weighted by atomic mass is 19.1. The molecule has 0 radical (unpaired) electrons. The summed E-state index contributed by atoms with van der Waals surface area (Å²) < 4.78 is 14.5. The fraction of sp³-hybridized carbons (Fsp3) is 0.560. The van der Waals surface area contributed by atoms with Crippen LogP contribution in [0, 0.1) is 11.7 Å². The van der Waals surface area contributed by atoms with Crippen molar-refractivity contribution in [2.75, 3.05) is 31.1 Å². The van der Waals surface area contributed by atoms with E-state index in [-0.39, 0.29) is 23.6 Å². The van der Waals surface area contributed by atoms with Gasteiger partial charge in [0.2, 0.25) is 5.91 Å². The van der Waals surface area contributed by atoms with Crippen LogP contribution in [0.3, 0.4) is 0 Å². The van der Waals surface area contributed by atoms with E-state index < -0.39 is 0 Å². The molecule has 0 spiro atoms. The van der Waals surface area contributed by atoms with Crippen LogP contribution in [0.15, 0.2) is 24.3 Å². The summed E-state index contributed by atoms with van der Waals surface area (Å²) in [5.74, 6) is 2.02.